The second-order valence-corrected chi connectivity index (χ2v) is 4.25. The van der Waals surface area contributed by atoms with Crippen LogP contribution in [0.3, 0.4) is 0 Å². The van der Waals surface area contributed by atoms with Crippen molar-refractivity contribution in [1.82, 2.24) is 4.98 Å². The van der Waals surface area contributed by atoms with E-state index in [-0.39, 0.29) is 18.4 Å². The van der Waals surface area contributed by atoms with Crippen molar-refractivity contribution >= 4 is 11.9 Å². The van der Waals surface area contributed by atoms with Crippen LogP contribution in [0.1, 0.15) is 22.3 Å². The van der Waals surface area contributed by atoms with Crippen LogP contribution in [0.4, 0.5) is 0 Å². The van der Waals surface area contributed by atoms with E-state index >= 15 is 0 Å². The third-order valence-corrected chi connectivity index (χ3v) is 2.91. The summed E-state index contributed by atoms with van der Waals surface area (Å²) in [5.74, 6) is -1.97. The van der Waals surface area contributed by atoms with E-state index in [0.29, 0.717) is 16.8 Å². The molecule has 0 atom stereocenters. The number of carboxylic acids is 2. The highest BCUT2D eigenvalue weighted by Crippen LogP contribution is 2.27. The lowest BCUT2D eigenvalue weighted by atomic mass is 9.95. The number of carboxylic acid groups (broad SMARTS) is 2. The standard InChI is InChI=1S/C15H13NO4/c17-13(18)8-7-10-4-3-5-11(15(19)20)14(10)12-6-1-2-9-16-12/h1-6,9H,7-8H2,(H,17,18)(H,19,20). The van der Waals surface area contributed by atoms with Gasteiger partial charge in [-0.3, -0.25) is 9.78 Å². The molecule has 1 aromatic heterocycles. The van der Waals surface area contributed by atoms with E-state index in [2.05, 4.69) is 4.98 Å². The molecule has 5 heteroatoms. The molecule has 0 bridgehead atoms. The van der Waals surface area contributed by atoms with Crippen LogP contribution in [0.5, 0.6) is 0 Å². The van der Waals surface area contributed by atoms with Crippen LogP contribution in [0.25, 0.3) is 11.3 Å². The Morgan fingerprint density at radius 2 is 1.85 bits per heavy atom. The zero-order valence-electron chi connectivity index (χ0n) is 10.6. The Hall–Kier alpha value is -2.69. The zero-order valence-corrected chi connectivity index (χ0v) is 10.6. The lowest BCUT2D eigenvalue weighted by Gasteiger charge is -2.11. The first-order valence-corrected chi connectivity index (χ1v) is 6.08. The Balaban J connectivity index is 2.54. The summed E-state index contributed by atoms with van der Waals surface area (Å²) in [6, 6.07) is 10.1. The number of hydrogen-bond donors (Lipinski definition) is 2. The molecule has 0 amide bonds. The quantitative estimate of drug-likeness (QED) is 0.872. The van der Waals surface area contributed by atoms with Crippen LogP contribution in [0.15, 0.2) is 42.6 Å². The molecule has 0 aliphatic carbocycles. The Labute approximate surface area is 115 Å². The van der Waals surface area contributed by atoms with Crippen LogP contribution >= 0.6 is 0 Å². The van der Waals surface area contributed by atoms with Gasteiger partial charge in [-0.25, -0.2) is 4.79 Å². The van der Waals surface area contributed by atoms with Gasteiger partial charge in [-0.15, -0.1) is 0 Å². The van der Waals surface area contributed by atoms with Crippen molar-refractivity contribution in [2.75, 3.05) is 0 Å². The first-order chi connectivity index (χ1) is 9.59. The molecule has 2 aromatic rings. The van der Waals surface area contributed by atoms with Gasteiger partial charge in [0, 0.05) is 18.2 Å². The Bertz CT molecular complexity index is 638. The fourth-order valence-electron chi connectivity index (χ4n) is 2.04. The van der Waals surface area contributed by atoms with Crippen molar-refractivity contribution in [3.05, 3.63) is 53.7 Å². The van der Waals surface area contributed by atoms with E-state index < -0.39 is 11.9 Å². The molecular formula is C15H13NO4. The van der Waals surface area contributed by atoms with Gasteiger partial charge in [-0.1, -0.05) is 18.2 Å². The second kappa shape index (κ2) is 5.97. The SMILES string of the molecule is O=C(O)CCc1cccc(C(=O)O)c1-c1ccccn1. The van der Waals surface area contributed by atoms with Crippen LogP contribution in [-0.2, 0) is 11.2 Å². The van der Waals surface area contributed by atoms with Crippen LogP contribution < -0.4 is 0 Å². The van der Waals surface area contributed by atoms with E-state index in [1.165, 1.54) is 6.07 Å². The van der Waals surface area contributed by atoms with Gasteiger partial charge in [-0.05, 0) is 30.2 Å². The lowest BCUT2D eigenvalue weighted by Crippen LogP contribution is -2.05. The number of rotatable bonds is 5. The Morgan fingerprint density at radius 3 is 2.45 bits per heavy atom. The molecule has 0 aliphatic heterocycles. The molecule has 5 nitrogen and oxygen atoms in total. The molecule has 0 aliphatic rings. The van der Waals surface area contributed by atoms with E-state index in [0.717, 1.165) is 0 Å². The lowest BCUT2D eigenvalue weighted by molar-refractivity contribution is -0.136. The summed E-state index contributed by atoms with van der Waals surface area (Å²) >= 11 is 0. The zero-order chi connectivity index (χ0) is 14.5. The Kier molecular flexibility index (Phi) is 4.10. The molecule has 0 unspecified atom stereocenters. The van der Waals surface area contributed by atoms with Crippen molar-refractivity contribution in [1.29, 1.82) is 0 Å². The number of aromatic nitrogens is 1. The maximum Gasteiger partial charge on any atom is 0.336 e. The number of carbonyl (C=O) groups is 2. The predicted molar refractivity (Wildman–Crippen MR) is 72.6 cm³/mol. The largest absolute Gasteiger partial charge is 0.481 e. The van der Waals surface area contributed by atoms with Gasteiger partial charge in [0.2, 0.25) is 0 Å². The Morgan fingerprint density at radius 1 is 1.05 bits per heavy atom. The van der Waals surface area contributed by atoms with Crippen molar-refractivity contribution in [2.45, 2.75) is 12.8 Å². The van der Waals surface area contributed by atoms with Gasteiger partial charge in [0.05, 0.1) is 11.3 Å². The van der Waals surface area contributed by atoms with Gasteiger partial charge in [0.25, 0.3) is 0 Å². The maximum absolute atomic E-state index is 11.3. The molecular weight excluding hydrogens is 258 g/mol. The van der Waals surface area contributed by atoms with Crippen LogP contribution in [0, 0.1) is 0 Å². The van der Waals surface area contributed by atoms with Gasteiger partial charge in [0.15, 0.2) is 0 Å². The van der Waals surface area contributed by atoms with E-state index in [1.54, 1.807) is 36.5 Å². The molecule has 0 saturated heterocycles. The summed E-state index contributed by atoms with van der Waals surface area (Å²) in [4.78, 5) is 26.2. The normalized spacial score (nSPS) is 10.2. The monoisotopic (exact) mass is 271 g/mol. The molecule has 102 valence electrons. The second-order valence-electron chi connectivity index (χ2n) is 4.25. The summed E-state index contributed by atoms with van der Waals surface area (Å²) in [7, 11) is 0. The van der Waals surface area contributed by atoms with Gasteiger partial charge in [-0.2, -0.15) is 0 Å². The molecule has 0 saturated carbocycles. The summed E-state index contributed by atoms with van der Waals surface area (Å²) < 4.78 is 0. The number of aromatic carboxylic acids is 1. The fraction of sp³-hybridized carbons (Fsp3) is 0.133. The minimum Gasteiger partial charge on any atom is -0.481 e. The molecule has 20 heavy (non-hydrogen) atoms. The molecule has 0 radical (unpaired) electrons. The van der Waals surface area contributed by atoms with Crippen molar-refractivity contribution in [3.63, 3.8) is 0 Å². The third-order valence-electron chi connectivity index (χ3n) is 2.91. The first-order valence-electron chi connectivity index (χ1n) is 6.08. The molecule has 1 aromatic carbocycles. The van der Waals surface area contributed by atoms with Crippen molar-refractivity contribution < 1.29 is 19.8 Å². The number of aliphatic carboxylic acids is 1. The number of nitrogens with zero attached hydrogens (tertiary/aromatic N) is 1. The van der Waals surface area contributed by atoms with E-state index in [9.17, 15) is 14.7 Å². The summed E-state index contributed by atoms with van der Waals surface area (Å²) in [5, 5.41) is 18.1. The van der Waals surface area contributed by atoms with Gasteiger partial charge in [0.1, 0.15) is 0 Å². The van der Waals surface area contributed by atoms with Gasteiger partial charge < -0.3 is 10.2 Å². The van der Waals surface area contributed by atoms with Crippen LogP contribution in [0.2, 0.25) is 0 Å². The fourth-order valence-corrected chi connectivity index (χ4v) is 2.04. The highest BCUT2D eigenvalue weighted by molar-refractivity contribution is 5.96. The third kappa shape index (κ3) is 3.00. The first kappa shape index (κ1) is 13.7. The average molecular weight is 271 g/mol. The van der Waals surface area contributed by atoms with E-state index in [4.69, 9.17) is 5.11 Å². The predicted octanol–water partition coefficient (Wildman–Crippen LogP) is 2.46. The smallest absolute Gasteiger partial charge is 0.336 e. The minimum absolute atomic E-state index is 0.0527. The molecule has 0 spiro atoms. The average Bonchev–Trinajstić information content (AvgIpc) is 2.45. The van der Waals surface area contributed by atoms with Crippen LogP contribution in [-0.4, -0.2) is 27.1 Å². The molecule has 2 rings (SSSR count). The summed E-state index contributed by atoms with van der Waals surface area (Å²) in [6.07, 6.45) is 1.79. The maximum atomic E-state index is 11.3. The van der Waals surface area contributed by atoms with Crippen molar-refractivity contribution in [2.24, 2.45) is 0 Å². The number of aryl methyl sites for hydroxylation is 1. The van der Waals surface area contributed by atoms with Gasteiger partial charge >= 0.3 is 11.9 Å². The molecule has 0 fully saturated rings. The molecule has 1 heterocycles. The van der Waals surface area contributed by atoms with Crippen molar-refractivity contribution in [3.8, 4) is 11.3 Å². The summed E-state index contributed by atoms with van der Waals surface area (Å²) in [6.45, 7) is 0. The summed E-state index contributed by atoms with van der Waals surface area (Å²) in [5.41, 5.74) is 1.82. The number of pyridine rings is 1. The highest BCUT2D eigenvalue weighted by atomic mass is 16.4. The highest BCUT2D eigenvalue weighted by Gasteiger charge is 2.16. The molecule has 2 N–H and O–H groups in total. The minimum atomic E-state index is -1.05. The number of hydrogen-bond acceptors (Lipinski definition) is 3. The number of benzene rings is 1. The topological polar surface area (TPSA) is 87.5 Å². The van der Waals surface area contributed by atoms with E-state index in [1.807, 2.05) is 0 Å².